The van der Waals surface area contributed by atoms with Crippen LogP contribution in [0, 0.1) is 0 Å². The van der Waals surface area contributed by atoms with E-state index in [2.05, 4.69) is 22.2 Å². The van der Waals surface area contributed by atoms with Gasteiger partial charge in [0.15, 0.2) is 5.82 Å². The quantitative estimate of drug-likeness (QED) is 0.672. The first kappa shape index (κ1) is 19.0. The number of unbranched alkanes of at least 4 members (excludes halogenated alkanes) is 2. The molecule has 0 unspecified atom stereocenters. The molecule has 0 aliphatic heterocycles. The summed E-state index contributed by atoms with van der Waals surface area (Å²) in [7, 11) is 4.03. The summed E-state index contributed by atoms with van der Waals surface area (Å²) in [5.41, 5.74) is 0.587. The van der Waals surface area contributed by atoms with Gasteiger partial charge in [0.1, 0.15) is 5.75 Å². The van der Waals surface area contributed by atoms with Crippen LogP contribution in [0.5, 0.6) is 5.75 Å². The number of anilines is 1. The van der Waals surface area contributed by atoms with E-state index in [1.807, 2.05) is 37.1 Å². The first-order chi connectivity index (χ1) is 12.1. The molecular formula is C19H28N4O2. The molecule has 0 atom stereocenters. The number of carbonyl (C=O) groups is 1. The van der Waals surface area contributed by atoms with E-state index in [4.69, 9.17) is 4.74 Å². The van der Waals surface area contributed by atoms with Crippen LogP contribution in [0.15, 0.2) is 36.5 Å². The number of nitrogens with zero attached hydrogens (tertiary/aromatic N) is 3. The SMILES string of the molecule is CCCCCOc1ccc(C(=O)Nc2ccn(CCN(C)C)n2)cc1. The number of rotatable bonds is 10. The summed E-state index contributed by atoms with van der Waals surface area (Å²) in [5.74, 6) is 1.18. The number of carbonyl (C=O) groups excluding carboxylic acids is 1. The number of aromatic nitrogens is 2. The summed E-state index contributed by atoms with van der Waals surface area (Å²) in [5, 5.41) is 7.18. The molecule has 1 aromatic heterocycles. The van der Waals surface area contributed by atoms with Gasteiger partial charge in [0.2, 0.25) is 0 Å². The molecule has 25 heavy (non-hydrogen) atoms. The average Bonchev–Trinajstić information content (AvgIpc) is 3.05. The molecule has 0 saturated heterocycles. The summed E-state index contributed by atoms with van der Waals surface area (Å²) in [6, 6.07) is 9.01. The Morgan fingerprint density at radius 1 is 1.20 bits per heavy atom. The maximum Gasteiger partial charge on any atom is 0.256 e. The molecule has 0 radical (unpaired) electrons. The fourth-order valence-corrected chi connectivity index (χ4v) is 2.29. The Morgan fingerprint density at radius 2 is 1.96 bits per heavy atom. The van der Waals surface area contributed by atoms with Crippen LogP contribution < -0.4 is 10.1 Å². The van der Waals surface area contributed by atoms with Crippen molar-refractivity contribution in [2.24, 2.45) is 0 Å². The zero-order valence-electron chi connectivity index (χ0n) is 15.4. The minimum absolute atomic E-state index is 0.171. The summed E-state index contributed by atoms with van der Waals surface area (Å²) >= 11 is 0. The van der Waals surface area contributed by atoms with Gasteiger partial charge in [-0.2, -0.15) is 5.10 Å². The molecule has 6 nitrogen and oxygen atoms in total. The van der Waals surface area contributed by atoms with E-state index < -0.39 is 0 Å². The fourth-order valence-electron chi connectivity index (χ4n) is 2.29. The van der Waals surface area contributed by atoms with Crippen molar-refractivity contribution in [3.63, 3.8) is 0 Å². The Morgan fingerprint density at radius 3 is 2.64 bits per heavy atom. The van der Waals surface area contributed by atoms with Gasteiger partial charge in [-0.3, -0.25) is 9.48 Å². The number of ether oxygens (including phenoxy) is 1. The van der Waals surface area contributed by atoms with Crippen molar-refractivity contribution in [2.45, 2.75) is 32.7 Å². The van der Waals surface area contributed by atoms with Crippen LogP contribution >= 0.6 is 0 Å². The summed E-state index contributed by atoms with van der Waals surface area (Å²) in [6.45, 7) is 4.56. The Balaban J connectivity index is 1.84. The van der Waals surface area contributed by atoms with Crippen molar-refractivity contribution in [3.8, 4) is 5.75 Å². The Kier molecular flexibility index (Phi) is 7.47. The number of hydrogen-bond donors (Lipinski definition) is 1. The molecule has 136 valence electrons. The molecule has 2 rings (SSSR count). The van der Waals surface area contributed by atoms with Crippen LogP contribution in [0.1, 0.15) is 36.5 Å². The molecular weight excluding hydrogens is 316 g/mol. The smallest absolute Gasteiger partial charge is 0.256 e. The molecule has 0 spiro atoms. The zero-order valence-corrected chi connectivity index (χ0v) is 15.4. The molecule has 1 aromatic carbocycles. The van der Waals surface area contributed by atoms with E-state index in [1.54, 1.807) is 18.2 Å². The highest BCUT2D eigenvalue weighted by molar-refractivity contribution is 6.03. The topological polar surface area (TPSA) is 59.4 Å². The highest BCUT2D eigenvalue weighted by atomic mass is 16.5. The fraction of sp³-hybridized carbons (Fsp3) is 0.474. The predicted octanol–water partition coefficient (Wildman–Crippen LogP) is 3.27. The second kappa shape index (κ2) is 9.84. The first-order valence-electron chi connectivity index (χ1n) is 8.81. The normalized spacial score (nSPS) is 10.9. The van der Waals surface area contributed by atoms with Crippen LogP contribution in [-0.2, 0) is 6.54 Å². The number of likely N-dealkylation sites (N-methyl/N-ethyl adjacent to an activating group) is 1. The van der Waals surface area contributed by atoms with Gasteiger partial charge in [0.25, 0.3) is 5.91 Å². The van der Waals surface area contributed by atoms with Crippen LogP contribution in [0.25, 0.3) is 0 Å². The van der Waals surface area contributed by atoms with Gasteiger partial charge in [-0.05, 0) is 44.8 Å². The minimum Gasteiger partial charge on any atom is -0.494 e. The van der Waals surface area contributed by atoms with Gasteiger partial charge in [-0.1, -0.05) is 19.8 Å². The Bertz CT molecular complexity index is 650. The molecule has 0 aliphatic carbocycles. The van der Waals surface area contributed by atoms with Gasteiger partial charge >= 0.3 is 0 Å². The monoisotopic (exact) mass is 344 g/mol. The highest BCUT2D eigenvalue weighted by Gasteiger charge is 2.08. The largest absolute Gasteiger partial charge is 0.494 e. The molecule has 0 fully saturated rings. The van der Waals surface area contributed by atoms with E-state index in [0.717, 1.165) is 25.3 Å². The molecule has 1 heterocycles. The van der Waals surface area contributed by atoms with Crippen LogP contribution in [0.4, 0.5) is 5.82 Å². The minimum atomic E-state index is -0.171. The van der Waals surface area contributed by atoms with Crippen molar-refractivity contribution in [2.75, 3.05) is 32.6 Å². The summed E-state index contributed by atoms with van der Waals surface area (Å²) in [6.07, 6.45) is 5.26. The molecule has 1 amide bonds. The lowest BCUT2D eigenvalue weighted by Gasteiger charge is -2.09. The molecule has 0 bridgehead atoms. The number of hydrogen-bond acceptors (Lipinski definition) is 4. The predicted molar refractivity (Wildman–Crippen MR) is 100 cm³/mol. The van der Waals surface area contributed by atoms with E-state index in [-0.39, 0.29) is 5.91 Å². The van der Waals surface area contributed by atoms with Crippen LogP contribution in [0.3, 0.4) is 0 Å². The maximum atomic E-state index is 12.3. The molecule has 0 aliphatic rings. The standard InChI is InChI=1S/C19H28N4O2/c1-4-5-6-15-25-17-9-7-16(8-10-17)19(24)20-18-11-12-23(21-18)14-13-22(2)3/h7-12H,4-6,13-15H2,1-3H3,(H,20,21,24). The van der Waals surface area contributed by atoms with Crippen molar-refractivity contribution in [3.05, 3.63) is 42.1 Å². The molecule has 6 heteroatoms. The Hall–Kier alpha value is -2.34. The number of benzene rings is 1. The lowest BCUT2D eigenvalue weighted by atomic mass is 10.2. The Labute approximate surface area is 149 Å². The second-order valence-electron chi connectivity index (χ2n) is 6.30. The lowest BCUT2D eigenvalue weighted by Crippen LogP contribution is -2.19. The van der Waals surface area contributed by atoms with E-state index in [0.29, 0.717) is 18.0 Å². The third-order valence-corrected chi connectivity index (χ3v) is 3.79. The first-order valence-corrected chi connectivity index (χ1v) is 8.81. The lowest BCUT2D eigenvalue weighted by molar-refractivity contribution is 0.102. The summed E-state index contributed by atoms with van der Waals surface area (Å²) < 4.78 is 7.48. The third-order valence-electron chi connectivity index (χ3n) is 3.79. The maximum absolute atomic E-state index is 12.3. The molecule has 1 N–H and O–H groups in total. The zero-order chi connectivity index (χ0) is 18.1. The van der Waals surface area contributed by atoms with Gasteiger partial charge in [-0.15, -0.1) is 0 Å². The van der Waals surface area contributed by atoms with Gasteiger partial charge in [0, 0.05) is 24.4 Å². The van der Waals surface area contributed by atoms with Gasteiger partial charge in [0.05, 0.1) is 13.2 Å². The van der Waals surface area contributed by atoms with Crippen LogP contribution in [0.2, 0.25) is 0 Å². The van der Waals surface area contributed by atoms with E-state index >= 15 is 0 Å². The number of nitrogens with one attached hydrogen (secondary N) is 1. The molecule has 2 aromatic rings. The van der Waals surface area contributed by atoms with E-state index in [1.165, 1.54) is 12.8 Å². The van der Waals surface area contributed by atoms with Gasteiger partial charge < -0.3 is 15.0 Å². The van der Waals surface area contributed by atoms with E-state index in [9.17, 15) is 4.79 Å². The van der Waals surface area contributed by atoms with Crippen molar-refractivity contribution in [1.82, 2.24) is 14.7 Å². The van der Waals surface area contributed by atoms with Crippen LogP contribution in [-0.4, -0.2) is 47.8 Å². The third kappa shape index (κ3) is 6.58. The number of amides is 1. The molecule has 0 saturated carbocycles. The average molecular weight is 344 g/mol. The van der Waals surface area contributed by atoms with Crippen molar-refractivity contribution >= 4 is 11.7 Å². The summed E-state index contributed by atoms with van der Waals surface area (Å²) in [4.78, 5) is 14.4. The van der Waals surface area contributed by atoms with Gasteiger partial charge in [-0.25, -0.2) is 0 Å². The van der Waals surface area contributed by atoms with Crippen molar-refractivity contribution < 1.29 is 9.53 Å². The second-order valence-corrected chi connectivity index (χ2v) is 6.30. The van der Waals surface area contributed by atoms with Crippen molar-refractivity contribution in [1.29, 1.82) is 0 Å². The highest BCUT2D eigenvalue weighted by Crippen LogP contribution is 2.14.